The van der Waals surface area contributed by atoms with Crippen LogP contribution in [0, 0.1) is 23.7 Å². The molecule has 0 spiro atoms. The summed E-state index contributed by atoms with van der Waals surface area (Å²) in [5.74, 6) is 2.12. The first-order valence-corrected chi connectivity index (χ1v) is 17.9. The first kappa shape index (κ1) is 35.0. The van der Waals surface area contributed by atoms with Crippen molar-refractivity contribution in [1.29, 1.82) is 0 Å². The summed E-state index contributed by atoms with van der Waals surface area (Å²) in [6.45, 7) is 17.0. The van der Waals surface area contributed by atoms with Crippen LogP contribution < -0.4 is 10.4 Å². The van der Waals surface area contributed by atoms with Crippen LogP contribution in [0.25, 0.3) is 0 Å². The Labute approximate surface area is 253 Å². The molecule has 0 N–H and O–H groups in total. The van der Waals surface area contributed by atoms with Crippen molar-refractivity contribution in [2.24, 2.45) is 23.7 Å². The standard InChI is InChI=1S/C37H58O3Si/c1-30(20-16-22-32(3)28-36(38)39-8)18-15-19-31(2)21-17-23-33(4)29-40-41(37(5,6)7,34-24-11-9-12-25-34)35-26-13-10-14-27-35/h9-15,18,24-27,30-33H,16-17,19-23,28-29H2,1-8H3/b18-15+/t30-,31+,32-,33+/m1/s1. The fraction of sp³-hybridized carbons (Fsp3) is 0.595. The topological polar surface area (TPSA) is 35.5 Å². The third-order valence-electron chi connectivity index (χ3n) is 8.50. The number of hydrogen-bond donors (Lipinski definition) is 0. The summed E-state index contributed by atoms with van der Waals surface area (Å²) < 4.78 is 11.9. The van der Waals surface area contributed by atoms with E-state index in [0.29, 0.717) is 30.1 Å². The number of benzene rings is 2. The van der Waals surface area contributed by atoms with Crippen LogP contribution in [-0.4, -0.2) is 28.0 Å². The Hall–Kier alpha value is -2.17. The maximum atomic E-state index is 11.4. The van der Waals surface area contributed by atoms with Crippen molar-refractivity contribution in [2.75, 3.05) is 13.7 Å². The second-order valence-corrected chi connectivity index (χ2v) is 17.9. The smallest absolute Gasteiger partial charge is 0.305 e. The zero-order chi connectivity index (χ0) is 30.3. The number of carbonyl (C=O) groups excluding carboxylic acids is 1. The van der Waals surface area contributed by atoms with E-state index in [0.717, 1.165) is 25.9 Å². The molecular weight excluding hydrogens is 520 g/mol. The molecule has 0 saturated heterocycles. The maximum Gasteiger partial charge on any atom is 0.305 e. The van der Waals surface area contributed by atoms with Crippen LogP contribution in [-0.2, 0) is 14.0 Å². The Morgan fingerprint density at radius 3 is 1.83 bits per heavy atom. The monoisotopic (exact) mass is 578 g/mol. The largest absolute Gasteiger partial charge is 0.469 e. The van der Waals surface area contributed by atoms with E-state index >= 15 is 0 Å². The van der Waals surface area contributed by atoms with Crippen LogP contribution in [0.5, 0.6) is 0 Å². The molecule has 0 bridgehead atoms. The third kappa shape index (κ3) is 11.6. The number of ether oxygens (including phenoxy) is 1. The highest BCUT2D eigenvalue weighted by atomic mass is 28.4. The highest BCUT2D eigenvalue weighted by molar-refractivity contribution is 6.99. The second kappa shape index (κ2) is 17.7. The maximum absolute atomic E-state index is 11.4. The lowest BCUT2D eigenvalue weighted by Crippen LogP contribution is -2.66. The van der Waals surface area contributed by atoms with Crippen LogP contribution >= 0.6 is 0 Å². The average Bonchev–Trinajstić information content (AvgIpc) is 2.93. The van der Waals surface area contributed by atoms with Crippen molar-refractivity contribution >= 4 is 24.7 Å². The fourth-order valence-corrected chi connectivity index (χ4v) is 10.6. The summed E-state index contributed by atoms with van der Waals surface area (Å²) in [6.07, 6.45) is 13.6. The van der Waals surface area contributed by atoms with Gasteiger partial charge in [0.2, 0.25) is 0 Å². The lowest BCUT2D eigenvalue weighted by Gasteiger charge is -2.43. The zero-order valence-electron chi connectivity index (χ0n) is 27.3. The van der Waals surface area contributed by atoms with Gasteiger partial charge in [-0.15, -0.1) is 0 Å². The van der Waals surface area contributed by atoms with Crippen LogP contribution in [0.15, 0.2) is 72.8 Å². The summed E-state index contributed by atoms with van der Waals surface area (Å²) in [5, 5.41) is 2.74. The highest BCUT2D eigenvalue weighted by Gasteiger charge is 2.50. The van der Waals surface area contributed by atoms with Crippen LogP contribution in [0.4, 0.5) is 0 Å². The van der Waals surface area contributed by atoms with Crippen LogP contribution in [0.2, 0.25) is 5.04 Å². The van der Waals surface area contributed by atoms with Gasteiger partial charge in [0.1, 0.15) is 0 Å². The lowest BCUT2D eigenvalue weighted by atomic mass is 9.94. The molecule has 4 heteroatoms. The SMILES string of the molecule is COC(=O)C[C@H](C)CCC[C@H](C)/C=C/C[C@H](C)CCC[C@H](C)CO[Si](c1ccccc1)(c1ccccc1)C(C)(C)C. The van der Waals surface area contributed by atoms with Crippen molar-refractivity contribution in [3.63, 3.8) is 0 Å². The van der Waals surface area contributed by atoms with E-state index in [1.807, 2.05) is 0 Å². The van der Waals surface area contributed by atoms with Crippen molar-refractivity contribution in [3.05, 3.63) is 72.8 Å². The molecule has 0 saturated carbocycles. The van der Waals surface area contributed by atoms with Crippen molar-refractivity contribution < 1.29 is 14.0 Å². The quantitative estimate of drug-likeness (QED) is 0.101. The van der Waals surface area contributed by atoms with Crippen molar-refractivity contribution in [2.45, 2.75) is 105 Å². The molecule has 0 amide bonds. The summed E-state index contributed by atoms with van der Waals surface area (Å²) in [6, 6.07) is 21.9. The Morgan fingerprint density at radius 2 is 1.29 bits per heavy atom. The average molecular weight is 579 g/mol. The predicted octanol–water partition coefficient (Wildman–Crippen LogP) is 8.96. The first-order chi connectivity index (χ1) is 19.5. The fourth-order valence-electron chi connectivity index (χ4n) is 5.94. The first-order valence-electron chi connectivity index (χ1n) is 16.0. The second-order valence-electron chi connectivity index (χ2n) is 13.6. The molecule has 0 aliphatic heterocycles. The molecule has 41 heavy (non-hydrogen) atoms. The van der Waals surface area contributed by atoms with Gasteiger partial charge < -0.3 is 9.16 Å². The third-order valence-corrected chi connectivity index (χ3v) is 13.5. The van der Waals surface area contributed by atoms with E-state index in [9.17, 15) is 4.79 Å². The van der Waals surface area contributed by atoms with E-state index in [4.69, 9.17) is 9.16 Å². The number of carbonyl (C=O) groups is 1. The molecule has 0 aliphatic rings. The molecule has 0 unspecified atom stereocenters. The zero-order valence-corrected chi connectivity index (χ0v) is 28.3. The highest BCUT2D eigenvalue weighted by Crippen LogP contribution is 2.37. The van der Waals surface area contributed by atoms with E-state index in [1.165, 1.54) is 43.2 Å². The van der Waals surface area contributed by atoms with Gasteiger partial charge in [-0.1, -0.05) is 147 Å². The molecule has 4 atom stereocenters. The molecule has 0 heterocycles. The molecule has 2 aromatic rings. The molecule has 2 rings (SSSR count). The normalized spacial score (nSPS) is 15.4. The van der Waals surface area contributed by atoms with Gasteiger partial charge in [-0.3, -0.25) is 4.79 Å². The van der Waals surface area contributed by atoms with Gasteiger partial charge >= 0.3 is 5.97 Å². The van der Waals surface area contributed by atoms with Gasteiger partial charge in [0.05, 0.1) is 7.11 Å². The molecule has 0 aliphatic carbocycles. The van der Waals surface area contributed by atoms with Crippen molar-refractivity contribution in [3.8, 4) is 0 Å². The van der Waals surface area contributed by atoms with Gasteiger partial charge in [0, 0.05) is 13.0 Å². The van der Waals surface area contributed by atoms with Gasteiger partial charge in [0.25, 0.3) is 8.32 Å². The predicted molar refractivity (Wildman–Crippen MR) is 178 cm³/mol. The molecule has 0 aromatic heterocycles. The number of allylic oxidation sites excluding steroid dienone is 2. The van der Waals surface area contributed by atoms with Crippen LogP contribution in [0.3, 0.4) is 0 Å². The number of hydrogen-bond acceptors (Lipinski definition) is 3. The lowest BCUT2D eigenvalue weighted by molar-refractivity contribution is -0.141. The molecule has 0 fully saturated rings. The Balaban J connectivity index is 1.81. The number of methoxy groups -OCH3 is 1. The van der Waals surface area contributed by atoms with Gasteiger partial charge in [-0.05, 0) is 58.3 Å². The van der Waals surface area contributed by atoms with E-state index in [1.54, 1.807) is 0 Å². The molecule has 228 valence electrons. The summed E-state index contributed by atoms with van der Waals surface area (Å²) >= 11 is 0. The van der Waals surface area contributed by atoms with Crippen molar-refractivity contribution in [1.82, 2.24) is 0 Å². The minimum Gasteiger partial charge on any atom is -0.469 e. The van der Waals surface area contributed by atoms with E-state index < -0.39 is 8.32 Å². The Bertz CT molecular complexity index is 972. The summed E-state index contributed by atoms with van der Waals surface area (Å²) in [7, 11) is -0.989. The summed E-state index contributed by atoms with van der Waals surface area (Å²) in [5.41, 5.74) is 0. The summed E-state index contributed by atoms with van der Waals surface area (Å²) in [4.78, 5) is 11.4. The van der Waals surface area contributed by atoms with E-state index in [2.05, 4.69) is 121 Å². The minimum atomic E-state index is -2.46. The number of rotatable bonds is 18. The minimum absolute atomic E-state index is 0.0225. The number of esters is 1. The molecule has 3 nitrogen and oxygen atoms in total. The molecule has 2 aromatic carbocycles. The molecule has 0 radical (unpaired) electrons. The molecular formula is C37H58O3Si. The Kier molecular flexibility index (Phi) is 15.1. The van der Waals surface area contributed by atoms with Gasteiger partial charge in [0.15, 0.2) is 0 Å². The van der Waals surface area contributed by atoms with Gasteiger partial charge in [-0.2, -0.15) is 0 Å². The van der Waals surface area contributed by atoms with Gasteiger partial charge in [-0.25, -0.2) is 0 Å². The van der Waals surface area contributed by atoms with E-state index in [-0.39, 0.29) is 11.0 Å². The Morgan fingerprint density at radius 1 is 0.780 bits per heavy atom. The van der Waals surface area contributed by atoms with Crippen LogP contribution in [0.1, 0.15) is 99.8 Å².